The Morgan fingerprint density at radius 3 is 2.28 bits per heavy atom. The molecule has 0 radical (unpaired) electrons. The van der Waals surface area contributed by atoms with Crippen molar-refractivity contribution in [3.63, 3.8) is 0 Å². The second-order valence-corrected chi connectivity index (χ2v) is 5.29. The number of benzene rings is 2. The van der Waals surface area contributed by atoms with Crippen molar-refractivity contribution in [1.29, 1.82) is 0 Å². The third kappa shape index (κ3) is 4.53. The summed E-state index contributed by atoms with van der Waals surface area (Å²) in [6.07, 6.45) is 3.60. The van der Waals surface area contributed by atoms with Crippen LogP contribution in [0.5, 0.6) is 0 Å². The number of aryl methyl sites for hydroxylation is 1. The Balaban J connectivity index is 1.63. The molecule has 94 valence electrons. The van der Waals surface area contributed by atoms with Crippen molar-refractivity contribution in [3.05, 3.63) is 64.6 Å². The molecule has 0 aromatic heterocycles. The van der Waals surface area contributed by atoms with Gasteiger partial charge in [-0.25, -0.2) is 0 Å². The Hall–Kier alpha value is -1.28. The van der Waals surface area contributed by atoms with E-state index in [1.165, 1.54) is 30.5 Å². The van der Waals surface area contributed by atoms with Crippen LogP contribution in [0.1, 0.15) is 18.4 Å². The van der Waals surface area contributed by atoms with Gasteiger partial charge in [0.05, 0.1) is 0 Å². The summed E-state index contributed by atoms with van der Waals surface area (Å²) >= 11 is 3.44. The normalized spacial score (nSPS) is 10.3. The molecule has 0 aliphatic heterocycles. The number of hydrogen-bond donors (Lipinski definition) is 1. The van der Waals surface area contributed by atoms with Crippen LogP contribution in [-0.2, 0) is 6.42 Å². The van der Waals surface area contributed by atoms with Gasteiger partial charge < -0.3 is 5.32 Å². The van der Waals surface area contributed by atoms with Crippen LogP contribution in [0.25, 0.3) is 0 Å². The molecule has 2 rings (SSSR count). The van der Waals surface area contributed by atoms with Gasteiger partial charge in [-0.2, -0.15) is 0 Å². The van der Waals surface area contributed by atoms with Crippen LogP contribution in [0, 0.1) is 0 Å². The molecule has 0 aliphatic rings. The quantitative estimate of drug-likeness (QED) is 0.750. The Kier molecular flexibility index (Phi) is 5.28. The van der Waals surface area contributed by atoms with Crippen molar-refractivity contribution < 1.29 is 0 Å². The lowest BCUT2D eigenvalue weighted by Crippen LogP contribution is -2.01. The Labute approximate surface area is 117 Å². The first-order valence-electron chi connectivity index (χ1n) is 6.38. The maximum Gasteiger partial charge on any atom is 0.0340 e. The van der Waals surface area contributed by atoms with Crippen LogP contribution < -0.4 is 5.32 Å². The molecule has 0 amide bonds. The van der Waals surface area contributed by atoms with Crippen molar-refractivity contribution in [2.75, 3.05) is 11.9 Å². The SMILES string of the molecule is Brc1ccc(NCCCCc2ccccc2)cc1. The van der Waals surface area contributed by atoms with Crippen LogP contribution in [0.2, 0.25) is 0 Å². The molecule has 0 unspecified atom stereocenters. The first-order valence-corrected chi connectivity index (χ1v) is 7.17. The highest BCUT2D eigenvalue weighted by Crippen LogP contribution is 2.14. The van der Waals surface area contributed by atoms with E-state index in [0.717, 1.165) is 11.0 Å². The highest BCUT2D eigenvalue weighted by atomic mass is 79.9. The van der Waals surface area contributed by atoms with Gasteiger partial charge in [0.15, 0.2) is 0 Å². The van der Waals surface area contributed by atoms with Gasteiger partial charge in [0.2, 0.25) is 0 Å². The van der Waals surface area contributed by atoms with Crippen LogP contribution in [0.15, 0.2) is 59.1 Å². The van der Waals surface area contributed by atoms with Crippen LogP contribution in [0.3, 0.4) is 0 Å². The standard InChI is InChI=1S/C16H18BrN/c17-15-9-11-16(12-10-15)18-13-5-4-8-14-6-2-1-3-7-14/h1-3,6-7,9-12,18H,4-5,8,13H2. The van der Waals surface area contributed by atoms with E-state index in [2.05, 4.69) is 75.8 Å². The van der Waals surface area contributed by atoms with Crippen LogP contribution in [-0.4, -0.2) is 6.54 Å². The first kappa shape index (κ1) is 13.2. The van der Waals surface area contributed by atoms with Crippen molar-refractivity contribution in [2.45, 2.75) is 19.3 Å². The molecule has 2 aromatic rings. The van der Waals surface area contributed by atoms with Crippen LogP contribution in [0.4, 0.5) is 5.69 Å². The molecule has 0 aliphatic carbocycles. The minimum absolute atomic E-state index is 1.04. The molecule has 0 atom stereocenters. The van der Waals surface area contributed by atoms with Gasteiger partial charge in [0.1, 0.15) is 0 Å². The van der Waals surface area contributed by atoms with E-state index in [1.807, 2.05) is 0 Å². The highest BCUT2D eigenvalue weighted by Gasteiger charge is 1.94. The number of unbranched alkanes of at least 4 members (excludes halogenated alkanes) is 1. The lowest BCUT2D eigenvalue weighted by atomic mass is 10.1. The third-order valence-corrected chi connectivity index (χ3v) is 3.44. The molecule has 1 N–H and O–H groups in total. The van der Waals surface area contributed by atoms with E-state index in [4.69, 9.17) is 0 Å². The summed E-state index contributed by atoms with van der Waals surface area (Å²) in [5, 5.41) is 3.44. The maximum atomic E-state index is 3.44. The fourth-order valence-corrected chi connectivity index (χ4v) is 2.16. The van der Waals surface area contributed by atoms with Gasteiger partial charge in [-0.05, 0) is 49.1 Å². The highest BCUT2D eigenvalue weighted by molar-refractivity contribution is 9.10. The summed E-state index contributed by atoms with van der Waals surface area (Å²) in [4.78, 5) is 0. The van der Waals surface area contributed by atoms with E-state index in [1.54, 1.807) is 0 Å². The molecular formula is C16H18BrN. The molecule has 0 saturated carbocycles. The summed E-state index contributed by atoms with van der Waals surface area (Å²) in [5.41, 5.74) is 2.62. The second kappa shape index (κ2) is 7.22. The van der Waals surface area contributed by atoms with E-state index in [-0.39, 0.29) is 0 Å². The predicted octanol–water partition coefficient (Wildman–Crippen LogP) is 4.88. The van der Waals surface area contributed by atoms with Crippen molar-refractivity contribution in [3.8, 4) is 0 Å². The van der Waals surface area contributed by atoms with E-state index in [9.17, 15) is 0 Å². The third-order valence-electron chi connectivity index (χ3n) is 2.91. The number of hydrogen-bond acceptors (Lipinski definition) is 1. The number of rotatable bonds is 6. The summed E-state index contributed by atoms with van der Waals surface area (Å²) in [6, 6.07) is 19.0. The first-order chi connectivity index (χ1) is 8.84. The van der Waals surface area contributed by atoms with Gasteiger partial charge in [0, 0.05) is 16.7 Å². The minimum Gasteiger partial charge on any atom is -0.385 e. The van der Waals surface area contributed by atoms with Gasteiger partial charge in [-0.3, -0.25) is 0 Å². The Morgan fingerprint density at radius 1 is 0.833 bits per heavy atom. The Bertz CT molecular complexity index is 450. The molecule has 0 heterocycles. The maximum absolute atomic E-state index is 3.44. The predicted molar refractivity (Wildman–Crippen MR) is 82.0 cm³/mol. The second-order valence-electron chi connectivity index (χ2n) is 4.38. The fourth-order valence-electron chi connectivity index (χ4n) is 1.90. The average molecular weight is 304 g/mol. The zero-order chi connectivity index (χ0) is 12.6. The molecular weight excluding hydrogens is 286 g/mol. The molecule has 2 heteroatoms. The zero-order valence-electron chi connectivity index (χ0n) is 10.4. The largest absolute Gasteiger partial charge is 0.385 e. The monoisotopic (exact) mass is 303 g/mol. The van der Waals surface area contributed by atoms with Gasteiger partial charge in [0.25, 0.3) is 0 Å². The molecule has 0 spiro atoms. The van der Waals surface area contributed by atoms with Crippen molar-refractivity contribution >= 4 is 21.6 Å². The molecule has 0 bridgehead atoms. The van der Waals surface area contributed by atoms with E-state index >= 15 is 0 Å². The molecule has 1 nitrogen and oxygen atoms in total. The lowest BCUT2D eigenvalue weighted by Gasteiger charge is -2.06. The molecule has 2 aromatic carbocycles. The number of anilines is 1. The van der Waals surface area contributed by atoms with Crippen molar-refractivity contribution in [1.82, 2.24) is 0 Å². The average Bonchev–Trinajstić information content (AvgIpc) is 2.42. The topological polar surface area (TPSA) is 12.0 Å². The Morgan fingerprint density at radius 2 is 1.56 bits per heavy atom. The number of halogens is 1. The minimum atomic E-state index is 1.04. The molecule has 18 heavy (non-hydrogen) atoms. The summed E-state index contributed by atoms with van der Waals surface area (Å²) in [7, 11) is 0. The van der Waals surface area contributed by atoms with Crippen molar-refractivity contribution in [2.24, 2.45) is 0 Å². The molecule has 0 saturated heterocycles. The van der Waals surface area contributed by atoms with Gasteiger partial charge in [-0.1, -0.05) is 46.3 Å². The van der Waals surface area contributed by atoms with Crippen LogP contribution >= 0.6 is 15.9 Å². The zero-order valence-corrected chi connectivity index (χ0v) is 12.0. The fraction of sp³-hybridized carbons (Fsp3) is 0.250. The summed E-state index contributed by atoms with van der Waals surface area (Å²) < 4.78 is 1.12. The molecule has 0 fully saturated rings. The van der Waals surface area contributed by atoms with Gasteiger partial charge >= 0.3 is 0 Å². The lowest BCUT2D eigenvalue weighted by molar-refractivity contribution is 0.763. The van der Waals surface area contributed by atoms with Gasteiger partial charge in [-0.15, -0.1) is 0 Å². The number of nitrogens with one attached hydrogen (secondary N) is 1. The van der Waals surface area contributed by atoms with E-state index < -0.39 is 0 Å². The smallest absolute Gasteiger partial charge is 0.0340 e. The summed E-state index contributed by atoms with van der Waals surface area (Å²) in [5.74, 6) is 0. The van der Waals surface area contributed by atoms with E-state index in [0.29, 0.717) is 0 Å². The summed E-state index contributed by atoms with van der Waals surface area (Å²) in [6.45, 7) is 1.04.